The van der Waals surface area contributed by atoms with Gasteiger partial charge in [-0.15, -0.1) is 11.8 Å². The van der Waals surface area contributed by atoms with Crippen LogP contribution in [0.25, 0.3) is 0 Å². The van der Waals surface area contributed by atoms with Crippen LogP contribution in [0.15, 0.2) is 53.6 Å². The molecular formula is C35H50N2O3S. The maximum atomic E-state index is 12.7. The lowest BCUT2D eigenvalue weighted by atomic mass is 10.0. The smallest absolute Gasteiger partial charge is 0.228 e. The van der Waals surface area contributed by atoms with Crippen molar-refractivity contribution in [2.45, 2.75) is 111 Å². The van der Waals surface area contributed by atoms with Gasteiger partial charge < -0.3 is 15.0 Å². The number of carbonyl (C=O) groups is 2. The molecule has 1 N–H and O–H groups in total. The Labute approximate surface area is 252 Å². The fourth-order valence-electron chi connectivity index (χ4n) is 5.11. The summed E-state index contributed by atoms with van der Waals surface area (Å²) in [5.74, 6) is 1.44. The number of allylic oxidation sites excluding steroid dienone is 1. The molecular weight excluding hydrogens is 528 g/mol. The number of anilines is 1. The van der Waals surface area contributed by atoms with Gasteiger partial charge in [-0.05, 0) is 61.1 Å². The zero-order valence-electron chi connectivity index (χ0n) is 25.5. The Bertz CT molecular complexity index is 1110. The van der Waals surface area contributed by atoms with Gasteiger partial charge in [-0.1, -0.05) is 95.8 Å². The number of rotatable bonds is 20. The summed E-state index contributed by atoms with van der Waals surface area (Å²) in [7, 11) is 0. The molecule has 224 valence electrons. The summed E-state index contributed by atoms with van der Waals surface area (Å²) in [4.78, 5) is 27.4. The van der Waals surface area contributed by atoms with E-state index in [9.17, 15) is 9.59 Å². The van der Waals surface area contributed by atoms with Crippen molar-refractivity contribution >= 4 is 29.1 Å². The van der Waals surface area contributed by atoms with Crippen molar-refractivity contribution in [2.24, 2.45) is 0 Å². The number of benzene rings is 2. The van der Waals surface area contributed by atoms with E-state index >= 15 is 0 Å². The summed E-state index contributed by atoms with van der Waals surface area (Å²) in [6.07, 6.45) is 15.8. The maximum Gasteiger partial charge on any atom is 0.228 e. The molecule has 1 heterocycles. The molecule has 0 aromatic heterocycles. The van der Waals surface area contributed by atoms with Gasteiger partial charge in [-0.25, -0.2) is 0 Å². The van der Waals surface area contributed by atoms with Crippen LogP contribution in [-0.4, -0.2) is 29.1 Å². The van der Waals surface area contributed by atoms with E-state index in [1.807, 2.05) is 36.0 Å². The van der Waals surface area contributed by atoms with Gasteiger partial charge in [0.05, 0.1) is 24.5 Å². The average molecular weight is 579 g/mol. The van der Waals surface area contributed by atoms with E-state index in [1.165, 1.54) is 75.5 Å². The van der Waals surface area contributed by atoms with Crippen LogP contribution in [0.1, 0.15) is 119 Å². The number of amides is 1. The largest absolute Gasteiger partial charge is 0.493 e. The van der Waals surface area contributed by atoms with Crippen molar-refractivity contribution in [1.29, 1.82) is 0 Å². The Balaban J connectivity index is 1.35. The molecule has 3 rings (SSSR count). The van der Waals surface area contributed by atoms with Crippen LogP contribution in [0.5, 0.6) is 5.75 Å². The summed E-state index contributed by atoms with van der Waals surface area (Å²) in [5, 5.41) is 5.16. The molecule has 2 aromatic rings. The van der Waals surface area contributed by atoms with Gasteiger partial charge >= 0.3 is 0 Å². The van der Waals surface area contributed by atoms with Crippen molar-refractivity contribution in [3.8, 4) is 5.75 Å². The van der Waals surface area contributed by atoms with Crippen molar-refractivity contribution in [1.82, 2.24) is 4.90 Å². The van der Waals surface area contributed by atoms with Gasteiger partial charge in [0.25, 0.3) is 0 Å². The number of unbranched alkanes of at least 4 members (excludes halogenated alkanes) is 11. The maximum absolute atomic E-state index is 12.7. The standard InChI is InChI=1S/C35H50N2O3S/c1-4-5-6-7-8-9-10-11-12-13-14-15-22-40-34-21-18-31(23-33(34)29(3)38)24-35(39)36-32-19-16-30(17-20-32)25-37-27-41-26-28(37)2/h16-21,23,26H,4-15,22,24-25,27H2,1-3H3,(H,36,39). The predicted octanol–water partition coefficient (Wildman–Crippen LogP) is 9.52. The third kappa shape index (κ3) is 12.4. The second kappa shape index (κ2) is 18.7. The number of hydrogen-bond donors (Lipinski definition) is 1. The summed E-state index contributed by atoms with van der Waals surface area (Å²) in [5.41, 5.74) is 4.62. The Kier molecular flexibility index (Phi) is 14.9. The highest BCUT2D eigenvalue weighted by molar-refractivity contribution is 8.02. The molecule has 0 saturated heterocycles. The van der Waals surface area contributed by atoms with Crippen LogP contribution in [-0.2, 0) is 17.8 Å². The lowest BCUT2D eigenvalue weighted by Gasteiger charge is -2.19. The van der Waals surface area contributed by atoms with Gasteiger partial charge in [0.15, 0.2) is 5.78 Å². The molecule has 0 atom stereocenters. The van der Waals surface area contributed by atoms with Crippen LogP contribution in [0.2, 0.25) is 0 Å². The number of ketones is 1. The summed E-state index contributed by atoms with van der Waals surface area (Å²) >= 11 is 1.81. The minimum atomic E-state index is -0.105. The summed E-state index contributed by atoms with van der Waals surface area (Å²) < 4.78 is 5.98. The van der Waals surface area contributed by atoms with E-state index < -0.39 is 0 Å². The van der Waals surface area contributed by atoms with Crippen LogP contribution >= 0.6 is 11.8 Å². The third-order valence-electron chi connectivity index (χ3n) is 7.64. The zero-order chi connectivity index (χ0) is 29.3. The summed E-state index contributed by atoms with van der Waals surface area (Å²) in [6, 6.07) is 13.5. The van der Waals surface area contributed by atoms with E-state index in [-0.39, 0.29) is 18.1 Å². The minimum Gasteiger partial charge on any atom is -0.493 e. The molecule has 0 radical (unpaired) electrons. The second-order valence-electron chi connectivity index (χ2n) is 11.3. The van der Waals surface area contributed by atoms with Gasteiger partial charge in [-0.2, -0.15) is 0 Å². The normalized spacial score (nSPS) is 12.9. The SMILES string of the molecule is CCCCCCCCCCCCCCOc1ccc(CC(=O)Nc2ccc(CN3CSC=C3C)cc2)cc1C(C)=O. The molecule has 0 saturated carbocycles. The molecule has 1 aliphatic heterocycles. The number of carbonyl (C=O) groups excluding carboxylic acids is 2. The highest BCUT2D eigenvalue weighted by Gasteiger charge is 2.14. The van der Waals surface area contributed by atoms with E-state index in [0.29, 0.717) is 17.9 Å². The molecule has 1 aliphatic rings. The first-order chi connectivity index (χ1) is 20.0. The Morgan fingerprint density at radius 1 is 0.854 bits per heavy atom. The Morgan fingerprint density at radius 2 is 1.46 bits per heavy atom. The number of hydrogen-bond acceptors (Lipinski definition) is 5. The number of nitrogens with zero attached hydrogens (tertiary/aromatic N) is 1. The first-order valence-corrected chi connectivity index (χ1v) is 16.7. The molecule has 5 nitrogen and oxygen atoms in total. The first-order valence-electron chi connectivity index (χ1n) is 15.6. The molecule has 0 fully saturated rings. The molecule has 2 aromatic carbocycles. The lowest BCUT2D eigenvalue weighted by molar-refractivity contribution is -0.115. The van der Waals surface area contributed by atoms with Crippen LogP contribution in [0, 0.1) is 0 Å². The molecule has 1 amide bonds. The van der Waals surface area contributed by atoms with Gasteiger partial charge in [0.1, 0.15) is 5.75 Å². The Hall–Kier alpha value is -2.73. The van der Waals surface area contributed by atoms with E-state index in [1.54, 1.807) is 13.0 Å². The monoisotopic (exact) mass is 578 g/mol. The highest BCUT2D eigenvalue weighted by Crippen LogP contribution is 2.25. The van der Waals surface area contributed by atoms with E-state index in [4.69, 9.17) is 4.74 Å². The Morgan fingerprint density at radius 3 is 2.05 bits per heavy atom. The highest BCUT2D eigenvalue weighted by atomic mass is 32.2. The number of ether oxygens (including phenoxy) is 1. The van der Waals surface area contributed by atoms with Gasteiger partial charge in [0, 0.05) is 17.9 Å². The zero-order valence-corrected chi connectivity index (χ0v) is 26.3. The first kappa shape index (κ1) is 32.8. The second-order valence-corrected chi connectivity index (χ2v) is 12.1. The summed E-state index contributed by atoms with van der Waals surface area (Å²) in [6.45, 7) is 7.42. The molecule has 0 unspecified atom stereocenters. The third-order valence-corrected chi connectivity index (χ3v) is 8.61. The van der Waals surface area contributed by atoms with Crippen molar-refractivity contribution in [3.05, 3.63) is 70.3 Å². The average Bonchev–Trinajstić information content (AvgIpc) is 3.36. The fourth-order valence-corrected chi connectivity index (χ4v) is 6.05. The van der Waals surface area contributed by atoms with E-state index in [0.717, 1.165) is 36.5 Å². The molecule has 0 aliphatic carbocycles. The van der Waals surface area contributed by atoms with Crippen molar-refractivity contribution in [2.75, 3.05) is 17.8 Å². The van der Waals surface area contributed by atoms with Crippen LogP contribution in [0.3, 0.4) is 0 Å². The number of Topliss-reactive ketones (excluding diaryl/α,β-unsaturated/α-hetero) is 1. The lowest BCUT2D eigenvalue weighted by Crippen LogP contribution is -2.17. The molecule has 0 spiro atoms. The van der Waals surface area contributed by atoms with Crippen molar-refractivity contribution in [3.63, 3.8) is 0 Å². The predicted molar refractivity (Wildman–Crippen MR) is 174 cm³/mol. The molecule has 0 bridgehead atoms. The molecule has 6 heteroatoms. The quantitative estimate of drug-likeness (QED) is 0.125. The van der Waals surface area contributed by atoms with Crippen LogP contribution in [0.4, 0.5) is 5.69 Å². The van der Waals surface area contributed by atoms with Crippen LogP contribution < -0.4 is 10.1 Å². The fraction of sp³-hybridized carbons (Fsp3) is 0.543. The van der Waals surface area contributed by atoms with Gasteiger partial charge in [0.2, 0.25) is 5.91 Å². The molecule has 41 heavy (non-hydrogen) atoms. The van der Waals surface area contributed by atoms with Gasteiger partial charge in [-0.3, -0.25) is 9.59 Å². The topological polar surface area (TPSA) is 58.6 Å². The van der Waals surface area contributed by atoms with E-state index in [2.05, 4.69) is 41.6 Å². The number of thioether (sulfide) groups is 1. The van der Waals surface area contributed by atoms with Crippen molar-refractivity contribution < 1.29 is 14.3 Å². The minimum absolute atomic E-state index is 0.0472. The number of nitrogens with one attached hydrogen (secondary N) is 1.